The van der Waals surface area contributed by atoms with E-state index >= 15 is 0 Å². The molecule has 0 aromatic carbocycles. The van der Waals surface area contributed by atoms with E-state index in [2.05, 4.69) is 61.6 Å². The van der Waals surface area contributed by atoms with Crippen molar-refractivity contribution < 1.29 is 47.2 Å². The molecule has 0 aromatic rings. The van der Waals surface area contributed by atoms with Crippen LogP contribution in [-0.2, 0) is 32.7 Å². The van der Waals surface area contributed by atoms with Gasteiger partial charge in [-0.3, -0.25) is 14.2 Å². The van der Waals surface area contributed by atoms with E-state index in [9.17, 15) is 19.0 Å². The van der Waals surface area contributed by atoms with Crippen LogP contribution in [0.25, 0.3) is 0 Å². The maximum atomic E-state index is 12.6. The van der Waals surface area contributed by atoms with Crippen molar-refractivity contribution in [3.8, 4) is 0 Å². The third kappa shape index (κ3) is 41.3. The molecule has 0 bridgehead atoms. The molecule has 2 atom stereocenters. The van der Waals surface area contributed by atoms with Crippen LogP contribution >= 0.6 is 7.82 Å². The summed E-state index contributed by atoms with van der Waals surface area (Å²) in [5, 5.41) is 8.80. The van der Waals surface area contributed by atoms with Crippen LogP contribution in [-0.4, -0.2) is 81.7 Å². The number of aliphatic hydroxyl groups excluding tert-OH is 1. The van der Waals surface area contributed by atoms with Crippen LogP contribution in [0.2, 0.25) is 0 Å². The summed E-state index contributed by atoms with van der Waals surface area (Å²) in [6, 6.07) is 0. The molecule has 0 radical (unpaired) electrons. The lowest BCUT2D eigenvalue weighted by Gasteiger charge is -2.28. The first-order valence-electron chi connectivity index (χ1n) is 21.6. The second-order valence-electron chi connectivity index (χ2n) is 15.4. The number of phosphoric acid groups is 1. The average Bonchev–Trinajstić information content (AvgIpc) is 3.15. The van der Waals surface area contributed by atoms with Gasteiger partial charge in [0, 0.05) is 19.4 Å². The zero-order chi connectivity index (χ0) is 41.4. The van der Waals surface area contributed by atoms with E-state index in [1.165, 1.54) is 38.5 Å². The minimum atomic E-state index is -4.65. The summed E-state index contributed by atoms with van der Waals surface area (Å²) in [6.45, 7) is 2.13. The van der Waals surface area contributed by atoms with Crippen LogP contribution in [0, 0.1) is 0 Å². The monoisotopic (exact) mass is 810 g/mol. The Morgan fingerprint density at radius 3 is 1.62 bits per heavy atom. The number of allylic oxidation sites excluding steroid dienone is 10. The zero-order valence-electron chi connectivity index (χ0n) is 35.8. The van der Waals surface area contributed by atoms with Gasteiger partial charge in [-0.1, -0.05) is 119 Å². The van der Waals surface area contributed by atoms with Crippen molar-refractivity contribution in [1.29, 1.82) is 0 Å². The van der Waals surface area contributed by atoms with Crippen molar-refractivity contribution in [2.75, 3.05) is 54.1 Å². The van der Waals surface area contributed by atoms with E-state index in [1.54, 1.807) is 0 Å². The lowest BCUT2D eigenvalue weighted by molar-refractivity contribution is -0.870. The van der Waals surface area contributed by atoms with Gasteiger partial charge in [-0.05, 0) is 83.5 Å². The van der Waals surface area contributed by atoms with Crippen molar-refractivity contribution in [2.45, 2.75) is 161 Å². The molecular formula is C45H80NO9P. The van der Waals surface area contributed by atoms with Crippen LogP contribution < -0.4 is 4.89 Å². The highest BCUT2D eigenvalue weighted by Crippen LogP contribution is 2.38. The van der Waals surface area contributed by atoms with Crippen LogP contribution in [0.1, 0.15) is 155 Å². The predicted octanol–water partition coefficient (Wildman–Crippen LogP) is 10.4. The first kappa shape index (κ1) is 53.7. The second kappa shape index (κ2) is 38.2. The minimum absolute atomic E-state index is 0.0496. The van der Waals surface area contributed by atoms with Gasteiger partial charge in [0.05, 0.1) is 27.7 Å². The lowest BCUT2D eigenvalue weighted by Crippen LogP contribution is -2.37. The van der Waals surface area contributed by atoms with Gasteiger partial charge in [0.25, 0.3) is 7.82 Å². The normalized spacial score (nSPS) is 14.2. The van der Waals surface area contributed by atoms with E-state index in [0.29, 0.717) is 30.3 Å². The Hall–Kier alpha value is -2.33. The molecule has 1 N–H and O–H groups in total. The Balaban J connectivity index is 4.49. The molecule has 0 aromatic heterocycles. The molecule has 0 aliphatic carbocycles. The Morgan fingerprint density at radius 1 is 0.607 bits per heavy atom. The van der Waals surface area contributed by atoms with Crippen molar-refractivity contribution >= 4 is 19.8 Å². The molecule has 324 valence electrons. The van der Waals surface area contributed by atoms with Gasteiger partial charge in [-0.25, -0.2) is 0 Å². The predicted molar refractivity (Wildman–Crippen MR) is 228 cm³/mol. The van der Waals surface area contributed by atoms with Gasteiger partial charge in [0.15, 0.2) is 6.10 Å². The quantitative estimate of drug-likeness (QED) is 0.0212. The highest BCUT2D eigenvalue weighted by Gasteiger charge is 2.21. The van der Waals surface area contributed by atoms with Gasteiger partial charge in [0.2, 0.25) is 0 Å². The molecule has 0 amide bonds. The summed E-state index contributed by atoms with van der Waals surface area (Å²) in [4.78, 5) is 37.5. The minimum Gasteiger partial charge on any atom is -0.756 e. The third-order valence-electron chi connectivity index (χ3n) is 8.81. The maximum absolute atomic E-state index is 12.6. The van der Waals surface area contributed by atoms with Gasteiger partial charge in [-0.2, -0.15) is 0 Å². The molecule has 0 rings (SSSR count). The topological polar surface area (TPSA) is 131 Å². The summed E-state index contributed by atoms with van der Waals surface area (Å²) < 4.78 is 33.8. The lowest BCUT2D eigenvalue weighted by atomic mass is 10.1. The standard InChI is InChI=1S/C45H80NO9P/c1-5-6-7-8-9-10-11-12-18-21-24-27-30-33-36-44(48)52-41-43(42-54-56(50,51)53-40-38-46(2,3)4)55-45(49)37-34-31-28-25-22-19-16-14-13-15-17-20-23-26-29-32-35-39-47/h11-13,15-16,19-20,23,25,28,43,47H,5-10,14,17-18,21-22,24,26-27,29-42H2,1-4H3/b12-11-,15-13-,19-16-,23-20-,28-25-. The van der Waals surface area contributed by atoms with Crippen LogP contribution in [0.4, 0.5) is 0 Å². The summed E-state index contributed by atoms with van der Waals surface area (Å²) in [6.07, 6.45) is 42.7. The van der Waals surface area contributed by atoms with Gasteiger partial charge in [-0.15, -0.1) is 0 Å². The highest BCUT2D eigenvalue weighted by molar-refractivity contribution is 7.45. The SMILES string of the molecule is CCCCCCC/C=C\CCCCCCCC(=O)OCC(COP(=O)([O-])OCC[N+](C)(C)C)OC(=O)CCC/C=C\C/C=C\C/C=C\C/C=C\CCCCCO. The Labute approximate surface area is 341 Å². The summed E-state index contributed by atoms with van der Waals surface area (Å²) in [5.74, 6) is -0.929. The van der Waals surface area contributed by atoms with Crippen LogP contribution in [0.5, 0.6) is 0 Å². The Kier molecular flexibility index (Phi) is 36.6. The number of hydrogen-bond acceptors (Lipinski definition) is 9. The number of ether oxygens (including phenoxy) is 2. The largest absolute Gasteiger partial charge is 0.756 e. The summed E-state index contributed by atoms with van der Waals surface area (Å²) in [7, 11) is 1.10. The van der Waals surface area contributed by atoms with E-state index in [4.69, 9.17) is 23.6 Å². The Morgan fingerprint density at radius 2 is 1.07 bits per heavy atom. The fraction of sp³-hybridized carbons (Fsp3) is 0.733. The zero-order valence-corrected chi connectivity index (χ0v) is 36.7. The van der Waals surface area contributed by atoms with Crippen LogP contribution in [0.15, 0.2) is 60.8 Å². The number of rotatable bonds is 39. The number of phosphoric ester groups is 1. The Bertz CT molecular complexity index is 1140. The summed E-state index contributed by atoms with van der Waals surface area (Å²) in [5.41, 5.74) is 0. The molecule has 0 saturated heterocycles. The number of carbonyl (C=O) groups is 2. The summed E-state index contributed by atoms with van der Waals surface area (Å²) >= 11 is 0. The smallest absolute Gasteiger partial charge is 0.306 e. The molecule has 0 spiro atoms. The molecular weight excluding hydrogens is 729 g/mol. The number of unbranched alkanes of at least 4 members (excludes halogenated alkanes) is 14. The number of aliphatic hydroxyl groups is 1. The van der Waals surface area contributed by atoms with Gasteiger partial charge < -0.3 is 33.0 Å². The number of likely N-dealkylation sites (N-methyl/N-ethyl adjacent to an activating group) is 1. The fourth-order valence-electron chi connectivity index (χ4n) is 5.38. The second-order valence-corrected chi connectivity index (χ2v) is 16.8. The molecule has 0 fully saturated rings. The number of quaternary nitrogens is 1. The molecule has 0 saturated carbocycles. The maximum Gasteiger partial charge on any atom is 0.306 e. The van der Waals surface area contributed by atoms with E-state index in [-0.39, 0.29) is 32.7 Å². The molecule has 2 unspecified atom stereocenters. The number of carbonyl (C=O) groups excluding carboxylic acids is 2. The average molecular weight is 810 g/mol. The van der Waals surface area contributed by atoms with Crippen molar-refractivity contribution in [3.05, 3.63) is 60.8 Å². The van der Waals surface area contributed by atoms with E-state index in [0.717, 1.165) is 77.0 Å². The van der Waals surface area contributed by atoms with Crippen molar-refractivity contribution in [3.63, 3.8) is 0 Å². The number of esters is 2. The van der Waals surface area contributed by atoms with Gasteiger partial charge >= 0.3 is 11.9 Å². The first-order chi connectivity index (χ1) is 27.0. The highest BCUT2D eigenvalue weighted by atomic mass is 31.2. The van der Waals surface area contributed by atoms with Crippen molar-refractivity contribution in [1.82, 2.24) is 0 Å². The van der Waals surface area contributed by atoms with E-state index < -0.39 is 32.5 Å². The fourth-order valence-corrected chi connectivity index (χ4v) is 6.11. The number of nitrogens with zero attached hydrogens (tertiary/aromatic N) is 1. The number of hydrogen-bond donors (Lipinski definition) is 1. The first-order valence-corrected chi connectivity index (χ1v) is 23.1. The van der Waals surface area contributed by atoms with Gasteiger partial charge in [0.1, 0.15) is 19.8 Å². The molecule has 56 heavy (non-hydrogen) atoms. The molecule has 10 nitrogen and oxygen atoms in total. The van der Waals surface area contributed by atoms with Crippen LogP contribution in [0.3, 0.4) is 0 Å². The molecule has 0 aliphatic rings. The van der Waals surface area contributed by atoms with E-state index in [1.807, 2.05) is 27.2 Å². The third-order valence-corrected chi connectivity index (χ3v) is 9.78. The van der Waals surface area contributed by atoms with Crippen molar-refractivity contribution in [2.24, 2.45) is 0 Å². The molecule has 0 aliphatic heterocycles. The molecule has 0 heterocycles. The molecule has 11 heteroatoms.